The molecule has 1 N–H and O–H groups in total. The molecule has 4 nitrogen and oxygen atoms in total. The zero-order chi connectivity index (χ0) is 21.4. The maximum Gasteiger partial charge on any atom is 0.282 e. The number of imide groups is 1. The van der Waals surface area contributed by atoms with Gasteiger partial charge in [0.25, 0.3) is 11.8 Å². The van der Waals surface area contributed by atoms with Gasteiger partial charge in [-0.2, -0.15) is 0 Å². The second kappa shape index (κ2) is 7.55. The van der Waals surface area contributed by atoms with E-state index in [0.29, 0.717) is 17.3 Å². The summed E-state index contributed by atoms with van der Waals surface area (Å²) in [5.74, 6) is -3.16. The summed E-state index contributed by atoms with van der Waals surface area (Å²) in [7, 11) is 0. The summed E-state index contributed by atoms with van der Waals surface area (Å²) >= 11 is 0. The average Bonchev–Trinajstić information content (AvgIpc) is 2.96. The zero-order valence-corrected chi connectivity index (χ0v) is 16.4. The summed E-state index contributed by atoms with van der Waals surface area (Å²) < 4.78 is 27.8. The van der Waals surface area contributed by atoms with Crippen molar-refractivity contribution < 1.29 is 18.4 Å². The molecule has 4 rings (SSSR count). The Morgan fingerprint density at radius 2 is 1.57 bits per heavy atom. The number of rotatable bonds is 4. The highest BCUT2D eigenvalue weighted by molar-refractivity contribution is 6.46. The largest absolute Gasteiger partial charge is 0.350 e. The molecule has 1 aliphatic heterocycles. The van der Waals surface area contributed by atoms with Crippen molar-refractivity contribution in [3.63, 3.8) is 0 Å². The van der Waals surface area contributed by atoms with Gasteiger partial charge >= 0.3 is 0 Å². The first-order valence-electron chi connectivity index (χ1n) is 9.35. The van der Waals surface area contributed by atoms with Crippen LogP contribution in [0.25, 0.3) is 5.57 Å². The van der Waals surface area contributed by atoms with Crippen LogP contribution >= 0.6 is 0 Å². The van der Waals surface area contributed by atoms with Crippen molar-refractivity contribution in [2.45, 2.75) is 13.8 Å². The number of hydrogen-bond donors (Lipinski definition) is 1. The molecule has 0 radical (unpaired) electrons. The first-order valence-corrected chi connectivity index (χ1v) is 9.35. The van der Waals surface area contributed by atoms with Gasteiger partial charge in [-0.3, -0.25) is 9.59 Å². The second-order valence-corrected chi connectivity index (χ2v) is 7.03. The minimum Gasteiger partial charge on any atom is -0.350 e. The van der Waals surface area contributed by atoms with Gasteiger partial charge < -0.3 is 5.32 Å². The lowest BCUT2D eigenvalue weighted by Crippen LogP contribution is -2.33. The molecule has 0 spiro atoms. The molecule has 0 aromatic heterocycles. The molecule has 3 aromatic carbocycles. The molecule has 0 aliphatic carbocycles. The molecule has 1 aliphatic rings. The van der Waals surface area contributed by atoms with Gasteiger partial charge in [-0.1, -0.05) is 42.5 Å². The smallest absolute Gasteiger partial charge is 0.282 e. The zero-order valence-electron chi connectivity index (χ0n) is 16.4. The van der Waals surface area contributed by atoms with Crippen LogP contribution in [0.15, 0.2) is 72.4 Å². The van der Waals surface area contributed by atoms with Gasteiger partial charge in [0.2, 0.25) is 0 Å². The fraction of sp³-hybridized carbons (Fsp3) is 0.0833. The molecule has 0 unspecified atom stereocenters. The molecule has 0 saturated carbocycles. The summed E-state index contributed by atoms with van der Waals surface area (Å²) in [5, 5.41) is 3.08. The van der Waals surface area contributed by atoms with Crippen molar-refractivity contribution in [3.8, 4) is 0 Å². The topological polar surface area (TPSA) is 49.4 Å². The average molecular weight is 404 g/mol. The van der Waals surface area contributed by atoms with Gasteiger partial charge in [-0.25, -0.2) is 13.7 Å². The van der Waals surface area contributed by atoms with Crippen molar-refractivity contribution in [3.05, 3.63) is 101 Å². The van der Waals surface area contributed by atoms with Crippen LogP contribution in [0.1, 0.15) is 16.7 Å². The fourth-order valence-corrected chi connectivity index (χ4v) is 3.42. The second-order valence-electron chi connectivity index (χ2n) is 7.03. The number of hydrogen-bond acceptors (Lipinski definition) is 3. The van der Waals surface area contributed by atoms with Crippen molar-refractivity contribution in [2.24, 2.45) is 0 Å². The third-order valence-corrected chi connectivity index (χ3v) is 5.16. The van der Waals surface area contributed by atoms with Gasteiger partial charge in [0, 0.05) is 11.8 Å². The molecular weight excluding hydrogens is 386 g/mol. The minimum atomic E-state index is -0.989. The Morgan fingerprint density at radius 1 is 0.833 bits per heavy atom. The van der Waals surface area contributed by atoms with Crippen molar-refractivity contribution in [2.75, 3.05) is 10.2 Å². The molecule has 30 heavy (non-hydrogen) atoms. The van der Waals surface area contributed by atoms with E-state index in [1.54, 1.807) is 36.4 Å². The maximum atomic E-state index is 14.4. The van der Waals surface area contributed by atoms with E-state index in [9.17, 15) is 18.4 Å². The summed E-state index contributed by atoms with van der Waals surface area (Å²) in [5.41, 5.74) is 3.00. The molecule has 0 fully saturated rings. The molecule has 0 bridgehead atoms. The normalized spacial score (nSPS) is 13.9. The van der Waals surface area contributed by atoms with Crippen LogP contribution in [0.4, 0.5) is 20.2 Å². The lowest BCUT2D eigenvalue weighted by Gasteiger charge is -2.16. The van der Waals surface area contributed by atoms with Crippen LogP contribution in [0.2, 0.25) is 0 Å². The number of carbonyl (C=O) groups excluding carboxylic acids is 2. The number of nitrogens with zero attached hydrogens (tertiary/aromatic N) is 1. The monoisotopic (exact) mass is 404 g/mol. The van der Waals surface area contributed by atoms with Gasteiger partial charge in [-0.05, 0) is 48.7 Å². The van der Waals surface area contributed by atoms with Gasteiger partial charge in [0.15, 0.2) is 0 Å². The lowest BCUT2D eigenvalue weighted by molar-refractivity contribution is -0.120. The summed E-state index contributed by atoms with van der Waals surface area (Å²) in [6.45, 7) is 3.84. The highest BCUT2D eigenvalue weighted by Gasteiger charge is 2.41. The first-order chi connectivity index (χ1) is 14.4. The Kier molecular flexibility index (Phi) is 4.91. The molecule has 3 aromatic rings. The van der Waals surface area contributed by atoms with Crippen LogP contribution in [-0.4, -0.2) is 11.8 Å². The number of nitrogens with one attached hydrogen (secondary N) is 1. The van der Waals surface area contributed by atoms with Crippen molar-refractivity contribution in [1.29, 1.82) is 0 Å². The number of anilines is 2. The molecule has 2 amide bonds. The highest BCUT2D eigenvalue weighted by atomic mass is 19.1. The predicted molar refractivity (Wildman–Crippen MR) is 112 cm³/mol. The summed E-state index contributed by atoms with van der Waals surface area (Å²) in [6.07, 6.45) is 0. The number of halogens is 2. The highest BCUT2D eigenvalue weighted by Crippen LogP contribution is 2.35. The van der Waals surface area contributed by atoms with Crippen molar-refractivity contribution >= 4 is 28.8 Å². The van der Waals surface area contributed by atoms with E-state index in [1.807, 2.05) is 26.0 Å². The minimum absolute atomic E-state index is 0.0450. The van der Waals surface area contributed by atoms with Gasteiger partial charge in [0.1, 0.15) is 17.3 Å². The van der Waals surface area contributed by atoms with E-state index in [1.165, 1.54) is 0 Å². The lowest BCUT2D eigenvalue weighted by atomic mass is 10.0. The number of amides is 2. The van der Waals surface area contributed by atoms with Crippen LogP contribution < -0.4 is 10.2 Å². The Hall–Kier alpha value is -3.80. The molecule has 0 saturated heterocycles. The van der Waals surface area contributed by atoms with Crippen LogP contribution in [0, 0.1) is 25.5 Å². The summed E-state index contributed by atoms with van der Waals surface area (Å²) in [6, 6.07) is 17.0. The standard InChI is InChI=1S/C24H18F2N2O2/c1-14-7-6-10-19(15(14)2)27-22-21(16-8-4-3-5-9-16)23(29)28(24(22)30)20-12-11-17(25)13-18(20)26/h3-13,27H,1-2H3. The van der Waals surface area contributed by atoms with Gasteiger partial charge in [-0.15, -0.1) is 0 Å². The third kappa shape index (κ3) is 3.26. The van der Waals surface area contributed by atoms with Crippen LogP contribution in [0.3, 0.4) is 0 Å². The quantitative estimate of drug-likeness (QED) is 0.624. The maximum absolute atomic E-state index is 14.4. The van der Waals surface area contributed by atoms with E-state index in [4.69, 9.17) is 0 Å². The Labute approximate surface area is 172 Å². The number of carbonyl (C=O) groups is 2. The Bertz CT molecular complexity index is 1200. The molecular formula is C24H18F2N2O2. The fourth-order valence-electron chi connectivity index (χ4n) is 3.42. The number of benzene rings is 3. The molecule has 150 valence electrons. The summed E-state index contributed by atoms with van der Waals surface area (Å²) in [4.78, 5) is 27.3. The number of aryl methyl sites for hydroxylation is 1. The van der Waals surface area contributed by atoms with Crippen molar-refractivity contribution in [1.82, 2.24) is 0 Å². The SMILES string of the molecule is Cc1cccc(NC2=C(c3ccccc3)C(=O)N(c3ccc(F)cc3F)C2=O)c1C. The first kappa shape index (κ1) is 19.5. The predicted octanol–water partition coefficient (Wildman–Crippen LogP) is 4.98. The molecule has 1 heterocycles. The van der Waals surface area contributed by atoms with E-state index < -0.39 is 23.4 Å². The van der Waals surface area contributed by atoms with E-state index in [2.05, 4.69) is 5.32 Å². The van der Waals surface area contributed by atoms with Crippen LogP contribution in [0.5, 0.6) is 0 Å². The Morgan fingerprint density at radius 3 is 2.27 bits per heavy atom. The third-order valence-electron chi connectivity index (χ3n) is 5.16. The molecule has 6 heteroatoms. The van der Waals surface area contributed by atoms with Gasteiger partial charge in [0.05, 0.1) is 11.3 Å². The van der Waals surface area contributed by atoms with Crippen LogP contribution in [-0.2, 0) is 9.59 Å². The van der Waals surface area contributed by atoms with E-state index in [0.717, 1.165) is 28.2 Å². The molecule has 0 atom stereocenters. The van der Waals surface area contributed by atoms with E-state index in [-0.39, 0.29) is 17.0 Å². The Balaban J connectivity index is 1.86. The van der Waals surface area contributed by atoms with E-state index >= 15 is 0 Å².